The maximum Gasteiger partial charge on any atom is 0.258 e. The third-order valence-electron chi connectivity index (χ3n) is 3.74. The highest BCUT2D eigenvalue weighted by Crippen LogP contribution is 2.26. The summed E-state index contributed by atoms with van der Waals surface area (Å²) in [5, 5.41) is 3.00. The van der Waals surface area contributed by atoms with Crippen LogP contribution in [0.5, 0.6) is 11.5 Å². The number of methoxy groups -OCH3 is 1. The molecule has 21 heavy (non-hydrogen) atoms. The van der Waals surface area contributed by atoms with Crippen LogP contribution in [0.1, 0.15) is 19.3 Å². The van der Waals surface area contributed by atoms with E-state index in [9.17, 15) is 4.79 Å². The van der Waals surface area contributed by atoms with Gasteiger partial charge in [-0.25, -0.2) is 0 Å². The summed E-state index contributed by atoms with van der Waals surface area (Å²) >= 11 is 0. The molecule has 1 aromatic carbocycles. The number of ether oxygens (including phenoxy) is 2. The maximum atomic E-state index is 11.9. The summed E-state index contributed by atoms with van der Waals surface area (Å²) in [6.07, 6.45) is 3.22. The highest BCUT2D eigenvalue weighted by atomic mass is 35.5. The van der Waals surface area contributed by atoms with E-state index in [1.807, 2.05) is 12.1 Å². The highest BCUT2D eigenvalue weighted by molar-refractivity contribution is 5.85. The van der Waals surface area contributed by atoms with Crippen molar-refractivity contribution < 1.29 is 14.3 Å². The van der Waals surface area contributed by atoms with Gasteiger partial charge in [0.05, 0.1) is 7.11 Å². The lowest BCUT2D eigenvalue weighted by Gasteiger charge is -2.19. The summed E-state index contributed by atoms with van der Waals surface area (Å²) in [6, 6.07) is 7.47. The Morgan fingerprint density at radius 2 is 2.05 bits per heavy atom. The van der Waals surface area contributed by atoms with E-state index < -0.39 is 0 Å². The summed E-state index contributed by atoms with van der Waals surface area (Å²) in [4.78, 5) is 11.9. The molecule has 1 aliphatic carbocycles. The second-order valence-corrected chi connectivity index (χ2v) is 5.04. The van der Waals surface area contributed by atoms with E-state index >= 15 is 0 Å². The van der Waals surface area contributed by atoms with Gasteiger partial charge in [0.15, 0.2) is 18.1 Å². The molecule has 0 aromatic heterocycles. The van der Waals surface area contributed by atoms with Crippen LogP contribution in [0.3, 0.4) is 0 Å². The average molecular weight is 315 g/mol. The van der Waals surface area contributed by atoms with E-state index in [0.717, 1.165) is 19.3 Å². The van der Waals surface area contributed by atoms with Crippen molar-refractivity contribution in [2.45, 2.75) is 25.3 Å². The molecule has 0 radical (unpaired) electrons. The van der Waals surface area contributed by atoms with Crippen LogP contribution in [0.15, 0.2) is 24.3 Å². The first-order valence-corrected chi connectivity index (χ1v) is 7.00. The molecule has 2 atom stereocenters. The van der Waals surface area contributed by atoms with Gasteiger partial charge in [0.1, 0.15) is 0 Å². The topological polar surface area (TPSA) is 73.6 Å². The smallest absolute Gasteiger partial charge is 0.258 e. The van der Waals surface area contributed by atoms with Crippen LogP contribution < -0.4 is 20.5 Å². The van der Waals surface area contributed by atoms with Gasteiger partial charge in [0, 0.05) is 6.04 Å². The number of hydrogen-bond donors (Lipinski definition) is 2. The Bertz CT molecular complexity index is 456. The molecule has 1 aromatic rings. The molecule has 5 nitrogen and oxygen atoms in total. The molecule has 0 spiro atoms. The van der Waals surface area contributed by atoms with Crippen LogP contribution in [-0.4, -0.2) is 32.2 Å². The molecule has 0 bridgehead atoms. The van der Waals surface area contributed by atoms with Crippen LogP contribution in [0, 0.1) is 5.92 Å². The fraction of sp³-hybridized carbons (Fsp3) is 0.533. The highest BCUT2D eigenvalue weighted by Gasteiger charge is 2.27. The van der Waals surface area contributed by atoms with Gasteiger partial charge in [-0.15, -0.1) is 12.4 Å². The lowest BCUT2D eigenvalue weighted by Crippen LogP contribution is -2.42. The molecular formula is C15H23ClN2O3. The molecule has 0 aliphatic heterocycles. The molecule has 118 valence electrons. The third kappa shape index (κ3) is 4.79. The van der Waals surface area contributed by atoms with E-state index in [4.69, 9.17) is 15.2 Å². The number of nitrogens with one attached hydrogen (secondary N) is 1. The standard InChI is InChI=1S/C15H22N2O3.ClH/c1-19-13-7-2-3-8-14(13)20-10-15(18)17-12-6-4-5-11(12)9-16;/h2-3,7-8,11-12H,4-6,9-10,16H2,1H3,(H,17,18);1H. The van der Waals surface area contributed by atoms with Gasteiger partial charge in [-0.3, -0.25) is 4.79 Å². The van der Waals surface area contributed by atoms with E-state index in [-0.39, 0.29) is 31.0 Å². The summed E-state index contributed by atoms with van der Waals surface area (Å²) in [6.45, 7) is 0.618. The molecule has 0 heterocycles. The van der Waals surface area contributed by atoms with Gasteiger partial charge in [0.2, 0.25) is 0 Å². The quantitative estimate of drug-likeness (QED) is 0.839. The second-order valence-electron chi connectivity index (χ2n) is 5.04. The van der Waals surface area contributed by atoms with Crippen molar-refractivity contribution in [2.75, 3.05) is 20.3 Å². The van der Waals surface area contributed by atoms with Crippen LogP contribution in [0.2, 0.25) is 0 Å². The molecule has 1 amide bonds. The number of carbonyl (C=O) groups is 1. The summed E-state index contributed by atoms with van der Waals surface area (Å²) < 4.78 is 10.7. The fourth-order valence-corrected chi connectivity index (χ4v) is 2.64. The molecule has 0 saturated heterocycles. The van der Waals surface area contributed by atoms with E-state index in [0.29, 0.717) is 24.0 Å². The molecule has 2 unspecified atom stereocenters. The molecule has 1 aliphatic rings. The van der Waals surface area contributed by atoms with Crippen molar-refractivity contribution in [1.29, 1.82) is 0 Å². The maximum absolute atomic E-state index is 11.9. The number of amides is 1. The Labute approximate surface area is 131 Å². The summed E-state index contributed by atoms with van der Waals surface area (Å²) in [5.41, 5.74) is 5.70. The van der Waals surface area contributed by atoms with Crippen LogP contribution >= 0.6 is 12.4 Å². The van der Waals surface area contributed by atoms with Crippen LogP contribution in [0.4, 0.5) is 0 Å². The number of rotatable bonds is 6. The van der Waals surface area contributed by atoms with Crippen molar-refractivity contribution in [3.05, 3.63) is 24.3 Å². The molecule has 1 saturated carbocycles. The molecule has 1 fully saturated rings. The summed E-state index contributed by atoms with van der Waals surface area (Å²) in [5.74, 6) is 1.49. The number of benzene rings is 1. The number of para-hydroxylation sites is 2. The SMILES string of the molecule is COc1ccccc1OCC(=O)NC1CCCC1CN.Cl. The van der Waals surface area contributed by atoms with Crippen molar-refractivity contribution in [3.63, 3.8) is 0 Å². The number of halogens is 1. The van der Waals surface area contributed by atoms with E-state index in [1.165, 1.54) is 0 Å². The van der Waals surface area contributed by atoms with Crippen molar-refractivity contribution >= 4 is 18.3 Å². The first-order chi connectivity index (χ1) is 9.74. The van der Waals surface area contributed by atoms with Gasteiger partial charge in [-0.2, -0.15) is 0 Å². The second kappa shape index (κ2) is 8.74. The van der Waals surface area contributed by atoms with E-state index in [1.54, 1.807) is 19.2 Å². The average Bonchev–Trinajstić information content (AvgIpc) is 2.92. The minimum atomic E-state index is -0.110. The van der Waals surface area contributed by atoms with Gasteiger partial charge in [-0.1, -0.05) is 18.6 Å². The third-order valence-corrected chi connectivity index (χ3v) is 3.74. The fourth-order valence-electron chi connectivity index (χ4n) is 2.64. The number of hydrogen-bond acceptors (Lipinski definition) is 4. The zero-order valence-electron chi connectivity index (χ0n) is 12.2. The Morgan fingerprint density at radius 3 is 2.71 bits per heavy atom. The van der Waals surface area contributed by atoms with Crippen molar-refractivity contribution in [3.8, 4) is 11.5 Å². The van der Waals surface area contributed by atoms with Gasteiger partial charge in [-0.05, 0) is 37.4 Å². The summed E-state index contributed by atoms with van der Waals surface area (Å²) in [7, 11) is 1.58. The Kier molecular flexibility index (Phi) is 7.32. The van der Waals surface area contributed by atoms with Crippen molar-refractivity contribution in [2.24, 2.45) is 11.7 Å². The zero-order chi connectivity index (χ0) is 14.4. The first-order valence-electron chi connectivity index (χ1n) is 7.00. The Hall–Kier alpha value is -1.46. The van der Waals surface area contributed by atoms with Gasteiger partial charge < -0.3 is 20.5 Å². The minimum absolute atomic E-state index is 0. The van der Waals surface area contributed by atoms with Crippen molar-refractivity contribution in [1.82, 2.24) is 5.32 Å². The predicted molar refractivity (Wildman–Crippen MR) is 84.1 cm³/mol. The first kappa shape index (κ1) is 17.6. The van der Waals surface area contributed by atoms with Gasteiger partial charge >= 0.3 is 0 Å². The lowest BCUT2D eigenvalue weighted by molar-refractivity contribution is -0.124. The van der Waals surface area contributed by atoms with Crippen LogP contribution in [0.25, 0.3) is 0 Å². The monoisotopic (exact) mass is 314 g/mol. The zero-order valence-corrected chi connectivity index (χ0v) is 13.0. The molecule has 2 rings (SSSR count). The Balaban J connectivity index is 0.00000220. The lowest BCUT2D eigenvalue weighted by atomic mass is 10.0. The molecule has 6 heteroatoms. The predicted octanol–water partition coefficient (Wildman–Crippen LogP) is 1.74. The van der Waals surface area contributed by atoms with E-state index in [2.05, 4.69) is 5.32 Å². The van der Waals surface area contributed by atoms with Crippen LogP contribution in [-0.2, 0) is 4.79 Å². The minimum Gasteiger partial charge on any atom is -0.493 e. The molecule has 3 N–H and O–H groups in total. The number of nitrogens with two attached hydrogens (primary N) is 1. The Morgan fingerprint density at radius 1 is 1.33 bits per heavy atom. The van der Waals surface area contributed by atoms with Gasteiger partial charge in [0.25, 0.3) is 5.91 Å². The largest absolute Gasteiger partial charge is 0.493 e. The normalized spacial score (nSPS) is 20.5. The number of carbonyl (C=O) groups excluding carboxylic acids is 1. The molecular weight excluding hydrogens is 292 g/mol.